The third-order valence-electron chi connectivity index (χ3n) is 3.64. The number of carbonyl (C=O) groups excluding carboxylic acids is 1. The first-order chi connectivity index (χ1) is 11.3. The zero-order valence-corrected chi connectivity index (χ0v) is 12.6. The Bertz CT molecular complexity index is 812. The quantitative estimate of drug-likeness (QED) is 0.898. The van der Waals surface area contributed by atoms with Crippen LogP contribution in [0.25, 0.3) is 11.1 Å². The van der Waals surface area contributed by atoms with Gasteiger partial charge in [0.15, 0.2) is 0 Å². The largest absolute Gasteiger partial charge is 0.442 e. The maximum atomic E-state index is 13.5. The monoisotopic (exact) mass is 334 g/mol. The molecule has 0 unspecified atom stereocenters. The van der Waals surface area contributed by atoms with Crippen molar-refractivity contribution in [3.05, 3.63) is 59.2 Å². The molecule has 1 heterocycles. The number of halogens is 3. The van der Waals surface area contributed by atoms with Crippen molar-refractivity contribution in [2.75, 3.05) is 6.61 Å². The van der Waals surface area contributed by atoms with E-state index in [0.717, 1.165) is 11.6 Å². The predicted octanol–water partition coefficient (Wildman–Crippen LogP) is 4.12. The van der Waals surface area contributed by atoms with Crippen LogP contribution in [0.15, 0.2) is 47.6 Å². The fourth-order valence-electron chi connectivity index (χ4n) is 2.40. The lowest BCUT2D eigenvalue weighted by Gasteiger charge is -2.17. The van der Waals surface area contributed by atoms with Crippen LogP contribution >= 0.6 is 0 Å². The van der Waals surface area contributed by atoms with Gasteiger partial charge in [-0.3, -0.25) is 0 Å². The van der Waals surface area contributed by atoms with Crippen LogP contribution < -0.4 is 5.43 Å². The van der Waals surface area contributed by atoms with Crippen LogP contribution in [0.3, 0.4) is 0 Å². The molecule has 0 aromatic heterocycles. The third-order valence-corrected chi connectivity index (χ3v) is 3.64. The molecule has 0 saturated heterocycles. The van der Waals surface area contributed by atoms with Crippen LogP contribution in [0.1, 0.15) is 16.7 Å². The molecular weight excluding hydrogens is 321 g/mol. The summed E-state index contributed by atoms with van der Waals surface area (Å²) >= 11 is 0. The normalized spacial score (nSPS) is 14.7. The summed E-state index contributed by atoms with van der Waals surface area (Å²) in [5.74, 6) is 0. The summed E-state index contributed by atoms with van der Waals surface area (Å²) in [7, 11) is 0. The van der Waals surface area contributed by atoms with E-state index in [1.165, 1.54) is 12.1 Å². The molecule has 0 fully saturated rings. The molecule has 1 N–H and O–H groups in total. The second-order valence-electron chi connectivity index (χ2n) is 5.37. The van der Waals surface area contributed by atoms with Gasteiger partial charge >= 0.3 is 12.3 Å². The Kier molecular flexibility index (Phi) is 4.01. The number of carbonyl (C=O) groups is 1. The molecule has 1 aliphatic heterocycles. The summed E-state index contributed by atoms with van der Waals surface area (Å²) in [6, 6.07) is 10.8. The summed E-state index contributed by atoms with van der Waals surface area (Å²) in [6.45, 7) is 1.69. The highest BCUT2D eigenvalue weighted by Crippen LogP contribution is 2.38. The van der Waals surface area contributed by atoms with Gasteiger partial charge in [0.1, 0.15) is 12.3 Å². The van der Waals surface area contributed by atoms with Crippen molar-refractivity contribution < 1.29 is 22.7 Å². The van der Waals surface area contributed by atoms with Gasteiger partial charge < -0.3 is 4.74 Å². The number of hydrogen-bond acceptors (Lipinski definition) is 3. The molecule has 0 saturated carbocycles. The molecule has 2 aromatic carbocycles. The number of alkyl halides is 3. The van der Waals surface area contributed by atoms with E-state index in [1.807, 2.05) is 6.92 Å². The Labute approximate surface area is 135 Å². The number of cyclic esters (lactones) is 1. The lowest BCUT2D eigenvalue weighted by atomic mass is 9.95. The van der Waals surface area contributed by atoms with Gasteiger partial charge in [0.25, 0.3) is 0 Å². The highest BCUT2D eigenvalue weighted by Gasteiger charge is 2.34. The molecule has 0 bridgehead atoms. The molecular formula is C17H13F3N2O2. The maximum Gasteiger partial charge on any atom is 0.428 e. The van der Waals surface area contributed by atoms with Gasteiger partial charge in [-0.05, 0) is 24.1 Å². The van der Waals surface area contributed by atoms with E-state index in [4.69, 9.17) is 4.74 Å². The van der Waals surface area contributed by atoms with E-state index in [2.05, 4.69) is 10.5 Å². The van der Waals surface area contributed by atoms with Gasteiger partial charge in [0.05, 0.1) is 5.56 Å². The van der Waals surface area contributed by atoms with E-state index < -0.39 is 17.8 Å². The minimum Gasteiger partial charge on any atom is -0.442 e. The molecule has 4 nitrogen and oxygen atoms in total. The van der Waals surface area contributed by atoms with Crippen LogP contribution in [0.2, 0.25) is 0 Å². The van der Waals surface area contributed by atoms with E-state index in [9.17, 15) is 18.0 Å². The molecule has 1 aliphatic rings. The van der Waals surface area contributed by atoms with Crippen molar-refractivity contribution in [3.63, 3.8) is 0 Å². The van der Waals surface area contributed by atoms with Gasteiger partial charge in [-0.1, -0.05) is 42.0 Å². The first kappa shape index (κ1) is 16.0. The molecule has 0 spiro atoms. The number of rotatable bonds is 2. The Morgan fingerprint density at radius 2 is 1.75 bits per heavy atom. The summed E-state index contributed by atoms with van der Waals surface area (Å²) < 4.78 is 45.2. The summed E-state index contributed by atoms with van der Waals surface area (Å²) in [5, 5.41) is 3.74. The van der Waals surface area contributed by atoms with E-state index in [0.29, 0.717) is 5.56 Å². The van der Waals surface area contributed by atoms with Crippen molar-refractivity contribution in [1.29, 1.82) is 0 Å². The summed E-state index contributed by atoms with van der Waals surface area (Å²) in [6.07, 6.45) is -5.25. The van der Waals surface area contributed by atoms with Crippen LogP contribution in [0, 0.1) is 6.92 Å². The SMILES string of the molecule is Cc1ccc(-c2ccc(C3=NNC(=O)OC3)cc2C(F)(F)F)cc1. The lowest BCUT2D eigenvalue weighted by Crippen LogP contribution is -2.30. The highest BCUT2D eigenvalue weighted by molar-refractivity contribution is 6.04. The fourth-order valence-corrected chi connectivity index (χ4v) is 2.40. The highest BCUT2D eigenvalue weighted by atomic mass is 19.4. The number of nitrogens with zero attached hydrogens (tertiary/aromatic N) is 1. The van der Waals surface area contributed by atoms with Gasteiger partial charge in [-0.2, -0.15) is 18.3 Å². The zero-order chi connectivity index (χ0) is 17.3. The smallest absolute Gasteiger partial charge is 0.428 e. The molecule has 2 aromatic rings. The fraction of sp³-hybridized carbons (Fsp3) is 0.176. The number of nitrogens with one attached hydrogen (secondary N) is 1. The van der Waals surface area contributed by atoms with Crippen molar-refractivity contribution in [3.8, 4) is 11.1 Å². The van der Waals surface area contributed by atoms with Gasteiger partial charge in [0.2, 0.25) is 0 Å². The van der Waals surface area contributed by atoms with Crippen molar-refractivity contribution in [1.82, 2.24) is 5.43 Å². The zero-order valence-electron chi connectivity index (χ0n) is 12.6. The molecule has 24 heavy (non-hydrogen) atoms. The van der Waals surface area contributed by atoms with Crippen molar-refractivity contribution in [2.24, 2.45) is 5.10 Å². The molecule has 0 aliphatic carbocycles. The second kappa shape index (κ2) is 5.99. The van der Waals surface area contributed by atoms with Gasteiger partial charge in [-0.25, -0.2) is 10.2 Å². The topological polar surface area (TPSA) is 50.7 Å². The van der Waals surface area contributed by atoms with Crippen LogP contribution in [-0.2, 0) is 10.9 Å². The van der Waals surface area contributed by atoms with Crippen LogP contribution in [-0.4, -0.2) is 18.4 Å². The number of hydrazone groups is 1. The second-order valence-corrected chi connectivity index (χ2v) is 5.37. The lowest BCUT2D eigenvalue weighted by molar-refractivity contribution is -0.137. The third kappa shape index (κ3) is 3.24. The minimum atomic E-state index is -4.52. The van der Waals surface area contributed by atoms with E-state index in [-0.39, 0.29) is 23.4 Å². The number of aryl methyl sites for hydroxylation is 1. The van der Waals surface area contributed by atoms with Crippen molar-refractivity contribution in [2.45, 2.75) is 13.1 Å². The number of ether oxygens (including phenoxy) is 1. The first-order valence-corrected chi connectivity index (χ1v) is 7.12. The average molecular weight is 334 g/mol. The molecule has 0 atom stereocenters. The molecule has 124 valence electrons. The number of hydrogen-bond donors (Lipinski definition) is 1. The summed E-state index contributed by atoms with van der Waals surface area (Å²) in [4.78, 5) is 10.9. The standard InChI is InChI=1S/C17H13F3N2O2/c1-10-2-4-11(5-3-10)13-7-6-12(8-14(13)17(18,19)20)15-9-24-16(23)22-21-15/h2-8H,9H2,1H3,(H,22,23). The molecule has 0 radical (unpaired) electrons. The Balaban J connectivity index is 2.08. The van der Waals surface area contributed by atoms with Crippen LogP contribution in [0.5, 0.6) is 0 Å². The Hall–Kier alpha value is -2.83. The molecule has 3 rings (SSSR count). The molecule has 7 heteroatoms. The number of amides is 1. The summed E-state index contributed by atoms with van der Waals surface area (Å²) in [5.41, 5.74) is 3.34. The van der Waals surface area contributed by atoms with Gasteiger partial charge in [0, 0.05) is 5.56 Å². The predicted molar refractivity (Wildman–Crippen MR) is 82.6 cm³/mol. The van der Waals surface area contributed by atoms with E-state index in [1.54, 1.807) is 24.3 Å². The minimum absolute atomic E-state index is 0.0904. The Morgan fingerprint density at radius 3 is 2.33 bits per heavy atom. The molecule has 1 amide bonds. The maximum absolute atomic E-state index is 13.5. The van der Waals surface area contributed by atoms with Gasteiger partial charge in [-0.15, -0.1) is 0 Å². The number of benzene rings is 2. The van der Waals surface area contributed by atoms with Crippen LogP contribution in [0.4, 0.5) is 18.0 Å². The average Bonchev–Trinajstić information content (AvgIpc) is 2.55. The van der Waals surface area contributed by atoms with E-state index >= 15 is 0 Å². The van der Waals surface area contributed by atoms with Crippen molar-refractivity contribution >= 4 is 11.8 Å². The Morgan fingerprint density at radius 1 is 1.08 bits per heavy atom. The first-order valence-electron chi connectivity index (χ1n) is 7.12.